The minimum atomic E-state index is -4.68. The maximum Gasteiger partial charge on any atom is 0.573 e. The number of halogens is 3. The molecule has 1 saturated heterocycles. The Kier molecular flexibility index (Phi) is 5.30. The first-order valence-corrected chi connectivity index (χ1v) is 8.24. The minimum absolute atomic E-state index is 0.227. The highest BCUT2D eigenvalue weighted by molar-refractivity contribution is 5.64. The smallest absolute Gasteiger partial charge is 0.406 e. The molecule has 0 saturated carbocycles. The van der Waals surface area contributed by atoms with Crippen LogP contribution in [0.1, 0.15) is 18.4 Å². The molecular weight excluding hydrogens is 331 g/mol. The summed E-state index contributed by atoms with van der Waals surface area (Å²) in [6, 6.07) is 13.8. The monoisotopic (exact) mass is 351 g/mol. The van der Waals surface area contributed by atoms with E-state index >= 15 is 0 Å². The second-order valence-electron chi connectivity index (χ2n) is 6.30. The van der Waals surface area contributed by atoms with Crippen molar-refractivity contribution in [1.82, 2.24) is 4.90 Å². The number of aliphatic hydroxyl groups excluding tert-OH is 1. The van der Waals surface area contributed by atoms with E-state index in [2.05, 4.69) is 9.64 Å². The SMILES string of the molecule is OC1CCCN(Cc2cccc(-c3ccc(OC(F)(F)F)cc3)c2)C1. The van der Waals surface area contributed by atoms with Crippen molar-refractivity contribution in [1.29, 1.82) is 0 Å². The summed E-state index contributed by atoms with van der Waals surface area (Å²) in [6.07, 6.45) is -3.11. The summed E-state index contributed by atoms with van der Waals surface area (Å²) < 4.78 is 40.6. The van der Waals surface area contributed by atoms with E-state index in [0.717, 1.165) is 42.6 Å². The Morgan fingerprint density at radius 3 is 2.52 bits per heavy atom. The van der Waals surface area contributed by atoms with Crippen LogP contribution in [-0.2, 0) is 6.54 Å². The normalized spacial score (nSPS) is 19.0. The molecule has 1 aliphatic heterocycles. The highest BCUT2D eigenvalue weighted by atomic mass is 19.4. The van der Waals surface area contributed by atoms with Gasteiger partial charge in [-0.1, -0.05) is 30.3 Å². The van der Waals surface area contributed by atoms with Gasteiger partial charge in [0.15, 0.2) is 0 Å². The van der Waals surface area contributed by atoms with Gasteiger partial charge < -0.3 is 9.84 Å². The molecule has 0 aromatic heterocycles. The maximum atomic E-state index is 12.2. The van der Waals surface area contributed by atoms with Gasteiger partial charge in [0.25, 0.3) is 0 Å². The second-order valence-corrected chi connectivity index (χ2v) is 6.30. The van der Waals surface area contributed by atoms with Crippen molar-refractivity contribution < 1.29 is 23.0 Å². The number of hydrogen-bond acceptors (Lipinski definition) is 3. The van der Waals surface area contributed by atoms with Crippen molar-refractivity contribution in [3.8, 4) is 16.9 Å². The number of rotatable bonds is 4. The fourth-order valence-corrected chi connectivity index (χ4v) is 3.13. The lowest BCUT2D eigenvalue weighted by Gasteiger charge is -2.30. The Bertz CT molecular complexity index is 701. The van der Waals surface area contributed by atoms with Gasteiger partial charge in [0.2, 0.25) is 0 Å². The number of hydrogen-bond donors (Lipinski definition) is 1. The van der Waals surface area contributed by atoms with Crippen LogP contribution in [0.4, 0.5) is 13.2 Å². The van der Waals surface area contributed by atoms with Crippen LogP contribution in [0.15, 0.2) is 48.5 Å². The van der Waals surface area contributed by atoms with Gasteiger partial charge in [-0.05, 0) is 54.3 Å². The van der Waals surface area contributed by atoms with Gasteiger partial charge in [0, 0.05) is 13.1 Å². The Morgan fingerprint density at radius 1 is 1.08 bits per heavy atom. The molecule has 3 nitrogen and oxygen atoms in total. The Balaban J connectivity index is 1.70. The first-order chi connectivity index (χ1) is 11.9. The van der Waals surface area contributed by atoms with Crippen LogP contribution in [0.5, 0.6) is 5.75 Å². The molecule has 1 aliphatic rings. The van der Waals surface area contributed by atoms with Gasteiger partial charge in [-0.15, -0.1) is 13.2 Å². The van der Waals surface area contributed by atoms with Crippen LogP contribution in [0.25, 0.3) is 11.1 Å². The van der Waals surface area contributed by atoms with Gasteiger partial charge in [-0.3, -0.25) is 4.90 Å². The zero-order valence-electron chi connectivity index (χ0n) is 13.7. The molecular formula is C19H20F3NO2. The molecule has 1 fully saturated rings. The molecule has 1 heterocycles. The van der Waals surface area contributed by atoms with E-state index in [0.29, 0.717) is 6.54 Å². The van der Waals surface area contributed by atoms with E-state index in [1.807, 2.05) is 24.3 Å². The Labute approximate surface area is 144 Å². The Hall–Kier alpha value is -2.05. The molecule has 2 aromatic carbocycles. The van der Waals surface area contributed by atoms with E-state index in [9.17, 15) is 18.3 Å². The van der Waals surface area contributed by atoms with Crippen molar-refractivity contribution >= 4 is 0 Å². The molecule has 3 rings (SSSR count). The first kappa shape index (κ1) is 17.8. The number of aliphatic hydroxyl groups is 1. The average Bonchev–Trinajstić information content (AvgIpc) is 2.54. The molecule has 0 spiro atoms. The van der Waals surface area contributed by atoms with Crippen LogP contribution >= 0.6 is 0 Å². The summed E-state index contributed by atoms with van der Waals surface area (Å²) in [5.41, 5.74) is 2.88. The lowest BCUT2D eigenvalue weighted by Crippen LogP contribution is -2.37. The van der Waals surface area contributed by atoms with Crippen molar-refractivity contribution in [3.63, 3.8) is 0 Å². The number of likely N-dealkylation sites (tertiary alicyclic amines) is 1. The predicted octanol–water partition coefficient (Wildman–Crippen LogP) is 4.21. The number of piperidine rings is 1. The van der Waals surface area contributed by atoms with Gasteiger partial charge in [-0.2, -0.15) is 0 Å². The van der Waals surface area contributed by atoms with Crippen LogP contribution in [-0.4, -0.2) is 35.6 Å². The van der Waals surface area contributed by atoms with Crippen molar-refractivity contribution in [2.45, 2.75) is 31.9 Å². The fraction of sp³-hybridized carbons (Fsp3) is 0.368. The van der Waals surface area contributed by atoms with E-state index in [4.69, 9.17) is 0 Å². The standard InChI is InChI=1S/C19H20F3NO2/c20-19(21,22)25-18-8-6-15(7-9-18)16-4-1-3-14(11-16)12-23-10-2-5-17(24)13-23/h1,3-4,6-9,11,17,24H,2,5,10,12-13H2. The average molecular weight is 351 g/mol. The summed E-state index contributed by atoms with van der Waals surface area (Å²) in [7, 11) is 0. The van der Waals surface area contributed by atoms with Gasteiger partial charge in [0.1, 0.15) is 5.75 Å². The largest absolute Gasteiger partial charge is 0.573 e. The van der Waals surface area contributed by atoms with E-state index < -0.39 is 6.36 Å². The molecule has 0 radical (unpaired) electrons. The Morgan fingerprint density at radius 2 is 1.84 bits per heavy atom. The lowest BCUT2D eigenvalue weighted by molar-refractivity contribution is -0.274. The first-order valence-electron chi connectivity index (χ1n) is 8.24. The molecule has 6 heteroatoms. The van der Waals surface area contributed by atoms with Crippen molar-refractivity contribution in [2.24, 2.45) is 0 Å². The van der Waals surface area contributed by atoms with Crippen LogP contribution in [0, 0.1) is 0 Å². The number of β-amino-alcohol motifs (C(OH)–C–C–N with tert-alkyl or cyclic N) is 1. The zero-order chi connectivity index (χ0) is 17.9. The maximum absolute atomic E-state index is 12.2. The van der Waals surface area contributed by atoms with E-state index in [-0.39, 0.29) is 11.9 Å². The minimum Gasteiger partial charge on any atom is -0.406 e. The molecule has 0 bridgehead atoms. The summed E-state index contributed by atoms with van der Waals surface area (Å²) >= 11 is 0. The van der Waals surface area contributed by atoms with Gasteiger partial charge >= 0.3 is 6.36 Å². The summed E-state index contributed by atoms with van der Waals surface area (Å²) in [5, 5.41) is 9.76. The molecule has 25 heavy (non-hydrogen) atoms. The number of ether oxygens (including phenoxy) is 1. The number of benzene rings is 2. The number of alkyl halides is 3. The molecule has 1 unspecified atom stereocenters. The molecule has 1 N–H and O–H groups in total. The zero-order valence-corrected chi connectivity index (χ0v) is 13.7. The third-order valence-electron chi connectivity index (χ3n) is 4.24. The van der Waals surface area contributed by atoms with E-state index in [1.165, 1.54) is 12.1 Å². The van der Waals surface area contributed by atoms with Crippen molar-refractivity contribution in [2.75, 3.05) is 13.1 Å². The fourth-order valence-electron chi connectivity index (χ4n) is 3.13. The lowest BCUT2D eigenvalue weighted by atomic mass is 10.0. The summed E-state index contributed by atoms with van der Waals surface area (Å²) in [4.78, 5) is 2.22. The third kappa shape index (κ3) is 5.21. The van der Waals surface area contributed by atoms with Crippen LogP contribution < -0.4 is 4.74 Å². The van der Waals surface area contributed by atoms with E-state index in [1.54, 1.807) is 12.1 Å². The molecule has 0 amide bonds. The van der Waals surface area contributed by atoms with Crippen LogP contribution in [0.3, 0.4) is 0 Å². The van der Waals surface area contributed by atoms with Crippen LogP contribution in [0.2, 0.25) is 0 Å². The molecule has 0 aliphatic carbocycles. The molecule has 1 atom stereocenters. The predicted molar refractivity (Wildman–Crippen MR) is 89.1 cm³/mol. The molecule has 134 valence electrons. The van der Waals surface area contributed by atoms with Gasteiger partial charge in [-0.25, -0.2) is 0 Å². The third-order valence-corrected chi connectivity index (χ3v) is 4.24. The van der Waals surface area contributed by atoms with Gasteiger partial charge in [0.05, 0.1) is 6.10 Å². The highest BCUT2D eigenvalue weighted by Crippen LogP contribution is 2.27. The number of nitrogens with zero attached hydrogens (tertiary/aromatic N) is 1. The summed E-state index contributed by atoms with van der Waals surface area (Å²) in [6.45, 7) is 2.39. The quantitative estimate of drug-likeness (QED) is 0.896. The van der Waals surface area contributed by atoms with Crippen molar-refractivity contribution in [3.05, 3.63) is 54.1 Å². The highest BCUT2D eigenvalue weighted by Gasteiger charge is 2.30. The summed E-state index contributed by atoms with van der Waals surface area (Å²) in [5.74, 6) is -0.227. The molecule has 2 aromatic rings. The second kappa shape index (κ2) is 7.45. The topological polar surface area (TPSA) is 32.7 Å².